The molecule has 0 saturated heterocycles. The van der Waals surface area contributed by atoms with E-state index in [0.717, 1.165) is 11.1 Å². The second kappa shape index (κ2) is 13.0. The lowest BCUT2D eigenvalue weighted by Gasteiger charge is -2.23. The second-order valence-corrected chi connectivity index (χ2v) is 8.95. The minimum absolute atomic E-state index is 0.180. The molecule has 3 aromatic carbocycles. The minimum Gasteiger partial charge on any atom is -0.493 e. The van der Waals surface area contributed by atoms with Crippen molar-refractivity contribution >= 4 is 17.5 Å². The van der Waals surface area contributed by atoms with Gasteiger partial charge in [0, 0.05) is 25.1 Å². The number of carbonyl (C=O) groups is 1. The Hall–Kier alpha value is -4.24. The summed E-state index contributed by atoms with van der Waals surface area (Å²) < 4.78 is 26.9. The Labute approximate surface area is 232 Å². The maximum Gasteiger partial charge on any atom is 0.255 e. The van der Waals surface area contributed by atoms with Crippen LogP contribution in [0.3, 0.4) is 0 Å². The topological polar surface area (TPSA) is 96.2 Å². The van der Waals surface area contributed by atoms with Gasteiger partial charge in [0.05, 0.1) is 39.0 Å². The van der Waals surface area contributed by atoms with Crippen LogP contribution in [-0.2, 0) is 12.8 Å². The van der Waals surface area contributed by atoms with Crippen LogP contribution in [0.1, 0.15) is 21.8 Å². The molecule has 9 nitrogen and oxygen atoms in total. The van der Waals surface area contributed by atoms with Crippen LogP contribution >= 0.6 is 11.6 Å². The summed E-state index contributed by atoms with van der Waals surface area (Å²) in [6, 6.07) is 18.1. The number of amides is 1. The molecule has 4 aromatic rings. The highest BCUT2D eigenvalue weighted by atomic mass is 35.5. The fourth-order valence-electron chi connectivity index (χ4n) is 4.10. The number of ether oxygens (including phenoxy) is 4. The predicted octanol–water partition coefficient (Wildman–Crippen LogP) is 5.35. The maximum atomic E-state index is 13.5. The highest BCUT2D eigenvalue weighted by Gasteiger charge is 2.20. The summed E-state index contributed by atoms with van der Waals surface area (Å²) in [5.74, 6) is 3.09. The van der Waals surface area contributed by atoms with Crippen molar-refractivity contribution in [1.29, 1.82) is 0 Å². The van der Waals surface area contributed by atoms with Gasteiger partial charge in [0.2, 0.25) is 11.7 Å². The molecule has 0 aliphatic rings. The number of aromatic nitrogens is 2. The molecule has 0 spiro atoms. The van der Waals surface area contributed by atoms with Crippen LogP contribution in [0.25, 0.3) is 11.4 Å². The summed E-state index contributed by atoms with van der Waals surface area (Å²) in [5.41, 5.74) is 2.15. The molecule has 0 bridgehead atoms. The molecule has 0 N–H and O–H groups in total. The maximum absolute atomic E-state index is 13.5. The van der Waals surface area contributed by atoms with E-state index in [4.69, 9.17) is 35.1 Å². The third kappa shape index (κ3) is 6.61. The fraction of sp³-hybridized carbons (Fsp3) is 0.276. The van der Waals surface area contributed by atoms with Gasteiger partial charge in [0.25, 0.3) is 5.91 Å². The van der Waals surface area contributed by atoms with E-state index in [0.29, 0.717) is 71.2 Å². The van der Waals surface area contributed by atoms with Gasteiger partial charge in [0.1, 0.15) is 0 Å². The van der Waals surface area contributed by atoms with E-state index >= 15 is 0 Å². The van der Waals surface area contributed by atoms with Crippen LogP contribution in [0, 0.1) is 0 Å². The Balaban J connectivity index is 1.51. The van der Waals surface area contributed by atoms with E-state index in [1.807, 2.05) is 24.3 Å². The number of rotatable bonds is 12. The van der Waals surface area contributed by atoms with E-state index < -0.39 is 0 Å². The third-order valence-electron chi connectivity index (χ3n) is 6.22. The molecule has 204 valence electrons. The molecule has 0 fully saturated rings. The lowest BCUT2D eigenvalue weighted by Crippen LogP contribution is -2.35. The molecule has 10 heteroatoms. The number of hydrogen-bond acceptors (Lipinski definition) is 8. The van der Waals surface area contributed by atoms with Crippen molar-refractivity contribution in [3.05, 3.63) is 82.7 Å². The average molecular weight is 552 g/mol. The molecule has 4 rings (SSSR count). The molecule has 0 radical (unpaired) electrons. The monoisotopic (exact) mass is 551 g/mol. The van der Waals surface area contributed by atoms with Crippen LogP contribution in [0.15, 0.2) is 65.2 Å². The number of benzene rings is 3. The Morgan fingerprint density at radius 3 is 2.15 bits per heavy atom. The first kappa shape index (κ1) is 27.8. The number of carbonyl (C=O) groups excluding carboxylic acids is 1. The van der Waals surface area contributed by atoms with E-state index in [9.17, 15) is 4.79 Å². The van der Waals surface area contributed by atoms with Gasteiger partial charge in [0.15, 0.2) is 23.0 Å². The van der Waals surface area contributed by atoms with Gasteiger partial charge in [-0.3, -0.25) is 4.79 Å². The molecule has 0 atom stereocenters. The quantitative estimate of drug-likeness (QED) is 0.232. The standard InChI is InChI=1S/C29H30ClN3O6/c1-35-23-11-9-19(17-25(23)37-3)13-15-33(29(34)21-7-5-6-8-22(21)30)16-14-27-31-28(32-39-27)20-10-12-24(36-2)26(18-20)38-4/h5-12,17-18H,13-16H2,1-4H3. The Kier molecular flexibility index (Phi) is 9.27. The first-order valence-electron chi connectivity index (χ1n) is 12.3. The van der Waals surface area contributed by atoms with Gasteiger partial charge >= 0.3 is 0 Å². The largest absolute Gasteiger partial charge is 0.493 e. The van der Waals surface area contributed by atoms with Crippen molar-refractivity contribution in [2.75, 3.05) is 41.5 Å². The molecule has 1 amide bonds. The summed E-state index contributed by atoms with van der Waals surface area (Å²) in [7, 11) is 6.33. The lowest BCUT2D eigenvalue weighted by atomic mass is 10.1. The molecule has 0 unspecified atom stereocenters. The zero-order valence-electron chi connectivity index (χ0n) is 22.3. The zero-order chi connectivity index (χ0) is 27.8. The minimum atomic E-state index is -0.180. The van der Waals surface area contributed by atoms with Crippen molar-refractivity contribution in [1.82, 2.24) is 15.0 Å². The Bertz CT molecular complexity index is 1420. The number of nitrogens with zero attached hydrogens (tertiary/aromatic N) is 3. The molecular weight excluding hydrogens is 522 g/mol. The van der Waals surface area contributed by atoms with Gasteiger partial charge in [-0.1, -0.05) is 35.0 Å². The van der Waals surface area contributed by atoms with Gasteiger partial charge in [-0.15, -0.1) is 0 Å². The highest BCUT2D eigenvalue weighted by Crippen LogP contribution is 2.31. The molecule has 0 saturated carbocycles. The van der Waals surface area contributed by atoms with Gasteiger partial charge < -0.3 is 28.4 Å². The molecule has 39 heavy (non-hydrogen) atoms. The second-order valence-electron chi connectivity index (χ2n) is 8.54. The van der Waals surface area contributed by atoms with Crippen molar-refractivity contribution in [3.63, 3.8) is 0 Å². The molecule has 0 aliphatic carbocycles. The summed E-state index contributed by atoms with van der Waals surface area (Å²) >= 11 is 6.35. The number of halogens is 1. The van der Waals surface area contributed by atoms with Crippen LogP contribution < -0.4 is 18.9 Å². The molecular formula is C29H30ClN3O6. The van der Waals surface area contributed by atoms with E-state index in [1.54, 1.807) is 69.7 Å². The lowest BCUT2D eigenvalue weighted by molar-refractivity contribution is 0.0756. The zero-order valence-corrected chi connectivity index (χ0v) is 23.0. The van der Waals surface area contributed by atoms with Crippen molar-refractivity contribution in [3.8, 4) is 34.4 Å². The van der Waals surface area contributed by atoms with Crippen LogP contribution in [0.4, 0.5) is 0 Å². The van der Waals surface area contributed by atoms with Crippen LogP contribution in [-0.4, -0.2) is 62.5 Å². The predicted molar refractivity (Wildman–Crippen MR) is 147 cm³/mol. The average Bonchev–Trinajstić information content (AvgIpc) is 3.45. The molecule has 1 aromatic heterocycles. The van der Waals surface area contributed by atoms with E-state index in [-0.39, 0.29) is 5.91 Å². The summed E-state index contributed by atoms with van der Waals surface area (Å²) in [6.07, 6.45) is 0.958. The third-order valence-corrected chi connectivity index (χ3v) is 6.54. The summed E-state index contributed by atoms with van der Waals surface area (Å²) in [5, 5.41) is 4.50. The Morgan fingerprint density at radius 2 is 1.46 bits per heavy atom. The fourth-order valence-corrected chi connectivity index (χ4v) is 4.32. The normalized spacial score (nSPS) is 10.7. The van der Waals surface area contributed by atoms with Crippen molar-refractivity contribution < 1.29 is 28.3 Å². The number of methoxy groups -OCH3 is 4. The van der Waals surface area contributed by atoms with Crippen molar-refractivity contribution in [2.45, 2.75) is 12.8 Å². The van der Waals surface area contributed by atoms with Crippen LogP contribution in [0.5, 0.6) is 23.0 Å². The van der Waals surface area contributed by atoms with Gasteiger partial charge in [-0.05, 0) is 54.4 Å². The summed E-state index contributed by atoms with van der Waals surface area (Å²) in [4.78, 5) is 19.8. The van der Waals surface area contributed by atoms with E-state index in [2.05, 4.69) is 10.1 Å². The Morgan fingerprint density at radius 1 is 0.821 bits per heavy atom. The molecule has 0 aliphatic heterocycles. The van der Waals surface area contributed by atoms with Crippen LogP contribution in [0.2, 0.25) is 5.02 Å². The first-order chi connectivity index (χ1) is 19.0. The molecule has 1 heterocycles. The summed E-state index contributed by atoms with van der Waals surface area (Å²) in [6.45, 7) is 0.793. The van der Waals surface area contributed by atoms with E-state index in [1.165, 1.54) is 0 Å². The van der Waals surface area contributed by atoms with Gasteiger partial charge in [-0.25, -0.2) is 0 Å². The van der Waals surface area contributed by atoms with Crippen molar-refractivity contribution in [2.24, 2.45) is 0 Å². The number of hydrogen-bond donors (Lipinski definition) is 0. The smallest absolute Gasteiger partial charge is 0.255 e. The van der Waals surface area contributed by atoms with Gasteiger partial charge in [-0.2, -0.15) is 4.98 Å². The first-order valence-corrected chi connectivity index (χ1v) is 12.6. The highest BCUT2D eigenvalue weighted by molar-refractivity contribution is 6.33. The SMILES string of the molecule is COc1ccc(CCN(CCc2nc(-c3ccc(OC)c(OC)c3)no2)C(=O)c2ccccc2Cl)cc1OC.